The van der Waals surface area contributed by atoms with Crippen LogP contribution in [0.4, 0.5) is 0 Å². The summed E-state index contributed by atoms with van der Waals surface area (Å²) in [4.78, 5) is 6.78. The molecule has 1 saturated heterocycles. The van der Waals surface area contributed by atoms with Crippen LogP contribution in [0.15, 0.2) is 4.52 Å². The standard InChI is InChI=1S/C13H24N4O/c1-3-12-15-13(18-16-12)10-17-8-5-11(6-9-17)4-7-14-2/h11,14H,3-10H2,1-2H3. The van der Waals surface area contributed by atoms with Crippen molar-refractivity contribution >= 4 is 0 Å². The summed E-state index contributed by atoms with van der Waals surface area (Å²) < 4.78 is 5.24. The van der Waals surface area contributed by atoms with Crippen LogP contribution < -0.4 is 5.32 Å². The largest absolute Gasteiger partial charge is 0.338 e. The normalized spacial score (nSPS) is 18.3. The lowest BCUT2D eigenvalue weighted by molar-refractivity contribution is 0.155. The minimum absolute atomic E-state index is 0.764. The maximum atomic E-state index is 5.24. The van der Waals surface area contributed by atoms with E-state index in [0.29, 0.717) is 0 Å². The molecule has 1 fully saturated rings. The van der Waals surface area contributed by atoms with Crippen molar-refractivity contribution in [2.24, 2.45) is 5.92 Å². The van der Waals surface area contributed by atoms with Crippen LogP contribution in [0.25, 0.3) is 0 Å². The summed E-state index contributed by atoms with van der Waals surface area (Å²) in [6.45, 7) is 6.29. The molecular weight excluding hydrogens is 228 g/mol. The third-order valence-corrected chi connectivity index (χ3v) is 3.69. The zero-order chi connectivity index (χ0) is 12.8. The van der Waals surface area contributed by atoms with E-state index in [1.807, 2.05) is 14.0 Å². The van der Waals surface area contributed by atoms with Crippen molar-refractivity contribution in [3.63, 3.8) is 0 Å². The molecule has 2 heterocycles. The molecule has 0 bridgehead atoms. The number of nitrogens with one attached hydrogen (secondary N) is 1. The topological polar surface area (TPSA) is 54.2 Å². The maximum absolute atomic E-state index is 5.24. The molecule has 1 aliphatic rings. The number of aryl methyl sites for hydroxylation is 1. The minimum atomic E-state index is 0.764. The summed E-state index contributed by atoms with van der Waals surface area (Å²) in [5, 5.41) is 7.16. The molecule has 18 heavy (non-hydrogen) atoms. The number of piperidine rings is 1. The second-order valence-electron chi connectivity index (χ2n) is 5.07. The quantitative estimate of drug-likeness (QED) is 0.830. The first-order valence-corrected chi connectivity index (χ1v) is 7.00. The summed E-state index contributed by atoms with van der Waals surface area (Å²) in [7, 11) is 2.02. The van der Waals surface area contributed by atoms with Crippen molar-refractivity contribution in [1.82, 2.24) is 20.4 Å². The Bertz CT molecular complexity index is 345. The van der Waals surface area contributed by atoms with Crippen molar-refractivity contribution < 1.29 is 4.52 Å². The molecule has 2 rings (SSSR count). The lowest BCUT2D eigenvalue weighted by Gasteiger charge is -2.30. The van der Waals surface area contributed by atoms with E-state index in [9.17, 15) is 0 Å². The third-order valence-electron chi connectivity index (χ3n) is 3.69. The van der Waals surface area contributed by atoms with Gasteiger partial charge in [-0.2, -0.15) is 4.98 Å². The van der Waals surface area contributed by atoms with Gasteiger partial charge in [-0.15, -0.1) is 0 Å². The van der Waals surface area contributed by atoms with Gasteiger partial charge in [-0.25, -0.2) is 0 Å². The fourth-order valence-electron chi connectivity index (χ4n) is 2.47. The summed E-state index contributed by atoms with van der Waals surface area (Å²) in [5.74, 6) is 2.46. The number of aromatic nitrogens is 2. The van der Waals surface area contributed by atoms with Gasteiger partial charge in [0, 0.05) is 6.42 Å². The van der Waals surface area contributed by atoms with Crippen LogP contribution in [-0.2, 0) is 13.0 Å². The molecule has 0 aliphatic carbocycles. The van der Waals surface area contributed by atoms with E-state index in [2.05, 4.69) is 20.4 Å². The lowest BCUT2D eigenvalue weighted by Crippen LogP contribution is -2.34. The van der Waals surface area contributed by atoms with Gasteiger partial charge in [-0.05, 0) is 51.9 Å². The van der Waals surface area contributed by atoms with Gasteiger partial charge in [0.15, 0.2) is 5.82 Å². The Kier molecular flexibility index (Phi) is 5.13. The molecule has 0 amide bonds. The average Bonchev–Trinajstić information content (AvgIpc) is 2.86. The van der Waals surface area contributed by atoms with E-state index < -0.39 is 0 Å². The molecule has 1 aliphatic heterocycles. The molecule has 1 aromatic heterocycles. The number of likely N-dealkylation sites (tertiary alicyclic amines) is 1. The molecule has 5 nitrogen and oxygen atoms in total. The first-order valence-electron chi connectivity index (χ1n) is 7.00. The first kappa shape index (κ1) is 13.5. The summed E-state index contributed by atoms with van der Waals surface area (Å²) in [6, 6.07) is 0. The Morgan fingerprint density at radius 2 is 2.17 bits per heavy atom. The van der Waals surface area contributed by atoms with Gasteiger partial charge in [0.2, 0.25) is 5.89 Å². The van der Waals surface area contributed by atoms with Gasteiger partial charge in [0.05, 0.1) is 6.54 Å². The number of hydrogen-bond acceptors (Lipinski definition) is 5. The van der Waals surface area contributed by atoms with Crippen molar-refractivity contribution in [3.05, 3.63) is 11.7 Å². The van der Waals surface area contributed by atoms with Gasteiger partial charge in [-0.1, -0.05) is 12.1 Å². The van der Waals surface area contributed by atoms with Gasteiger partial charge in [0.1, 0.15) is 0 Å². The Balaban J connectivity index is 1.73. The summed E-state index contributed by atoms with van der Waals surface area (Å²) >= 11 is 0. The predicted octanol–water partition coefficient (Wildman–Crippen LogP) is 1.45. The molecule has 0 spiro atoms. The van der Waals surface area contributed by atoms with Crippen LogP contribution in [0.2, 0.25) is 0 Å². The van der Waals surface area contributed by atoms with Gasteiger partial charge in [-0.3, -0.25) is 4.90 Å². The van der Waals surface area contributed by atoms with Crippen LogP contribution in [0.3, 0.4) is 0 Å². The SMILES string of the molecule is CCc1noc(CN2CCC(CCNC)CC2)n1. The average molecular weight is 252 g/mol. The Morgan fingerprint density at radius 3 is 2.78 bits per heavy atom. The van der Waals surface area contributed by atoms with E-state index in [1.54, 1.807) is 0 Å². The summed E-state index contributed by atoms with van der Waals surface area (Å²) in [6.07, 6.45) is 4.72. The second-order valence-corrected chi connectivity index (χ2v) is 5.07. The first-order chi connectivity index (χ1) is 8.81. The highest BCUT2D eigenvalue weighted by molar-refractivity contribution is 4.86. The van der Waals surface area contributed by atoms with Gasteiger partial charge < -0.3 is 9.84 Å². The van der Waals surface area contributed by atoms with Crippen LogP contribution in [0.5, 0.6) is 0 Å². The molecule has 1 aromatic rings. The molecule has 0 aromatic carbocycles. The monoisotopic (exact) mass is 252 g/mol. The van der Waals surface area contributed by atoms with Gasteiger partial charge in [0.25, 0.3) is 0 Å². The zero-order valence-electron chi connectivity index (χ0n) is 11.5. The van der Waals surface area contributed by atoms with E-state index in [4.69, 9.17) is 4.52 Å². The van der Waals surface area contributed by atoms with Crippen LogP contribution >= 0.6 is 0 Å². The van der Waals surface area contributed by atoms with Crippen LogP contribution in [0, 0.1) is 5.92 Å². The highest BCUT2D eigenvalue weighted by Crippen LogP contribution is 2.21. The number of rotatable bonds is 6. The lowest BCUT2D eigenvalue weighted by atomic mass is 9.93. The van der Waals surface area contributed by atoms with E-state index in [1.165, 1.54) is 19.3 Å². The van der Waals surface area contributed by atoms with E-state index in [-0.39, 0.29) is 0 Å². The van der Waals surface area contributed by atoms with Crippen molar-refractivity contribution in [3.8, 4) is 0 Å². The molecule has 1 N–H and O–H groups in total. The molecule has 5 heteroatoms. The highest BCUT2D eigenvalue weighted by Gasteiger charge is 2.20. The van der Waals surface area contributed by atoms with E-state index in [0.717, 1.165) is 50.2 Å². The minimum Gasteiger partial charge on any atom is -0.338 e. The highest BCUT2D eigenvalue weighted by atomic mass is 16.5. The second kappa shape index (κ2) is 6.85. The Morgan fingerprint density at radius 1 is 1.39 bits per heavy atom. The van der Waals surface area contributed by atoms with Gasteiger partial charge >= 0.3 is 0 Å². The zero-order valence-corrected chi connectivity index (χ0v) is 11.5. The fraction of sp³-hybridized carbons (Fsp3) is 0.846. The molecule has 0 atom stereocenters. The molecule has 0 unspecified atom stereocenters. The van der Waals surface area contributed by atoms with E-state index >= 15 is 0 Å². The molecular formula is C13H24N4O. The predicted molar refractivity (Wildman–Crippen MR) is 70.2 cm³/mol. The number of hydrogen-bond donors (Lipinski definition) is 1. The molecule has 102 valence electrons. The van der Waals surface area contributed by atoms with Crippen LogP contribution in [-0.4, -0.2) is 41.7 Å². The number of nitrogens with zero attached hydrogens (tertiary/aromatic N) is 3. The smallest absolute Gasteiger partial charge is 0.240 e. The third kappa shape index (κ3) is 3.78. The van der Waals surface area contributed by atoms with Crippen molar-refractivity contribution in [1.29, 1.82) is 0 Å². The Hall–Kier alpha value is -0.940. The maximum Gasteiger partial charge on any atom is 0.240 e. The molecule has 0 radical (unpaired) electrons. The molecule has 0 saturated carbocycles. The van der Waals surface area contributed by atoms with Crippen molar-refractivity contribution in [2.45, 2.75) is 39.2 Å². The fourth-order valence-corrected chi connectivity index (χ4v) is 2.47. The van der Waals surface area contributed by atoms with Crippen LogP contribution in [0.1, 0.15) is 37.9 Å². The van der Waals surface area contributed by atoms with Crippen molar-refractivity contribution in [2.75, 3.05) is 26.7 Å². The Labute approximate surface area is 109 Å². The summed E-state index contributed by atoms with van der Waals surface area (Å²) in [5.41, 5.74) is 0.